The van der Waals surface area contributed by atoms with Gasteiger partial charge in [-0.15, -0.1) is 11.3 Å². The summed E-state index contributed by atoms with van der Waals surface area (Å²) >= 11 is 3.60. The summed E-state index contributed by atoms with van der Waals surface area (Å²) in [4.78, 5) is 20.6. The van der Waals surface area contributed by atoms with E-state index in [9.17, 15) is 4.79 Å². The summed E-state index contributed by atoms with van der Waals surface area (Å²) in [5, 5.41) is 12.0. The number of rotatable bonds is 3. The van der Waals surface area contributed by atoms with E-state index in [1.54, 1.807) is 23.6 Å². The Morgan fingerprint density at radius 3 is 3.15 bits per heavy atom. The lowest BCUT2D eigenvalue weighted by atomic mass is 10.2. The number of H-pyrrole nitrogens is 1. The average Bonchev–Trinajstić information content (AvgIpc) is 3.08. The highest BCUT2D eigenvalue weighted by molar-refractivity contribution is 7.99. The Kier molecular flexibility index (Phi) is 3.82. The molecule has 106 valence electrons. The molecule has 0 spiro atoms. The molecule has 1 fully saturated rings. The van der Waals surface area contributed by atoms with Crippen molar-refractivity contribution in [2.75, 3.05) is 25.1 Å². The first kappa shape index (κ1) is 13.7. The minimum absolute atomic E-state index is 0.194. The average molecular weight is 309 g/mol. The summed E-state index contributed by atoms with van der Waals surface area (Å²) in [6, 6.07) is 1.99. The first-order chi connectivity index (χ1) is 9.65. The second-order valence-electron chi connectivity index (χ2n) is 4.75. The molecule has 2 aromatic heterocycles. The van der Waals surface area contributed by atoms with Crippen LogP contribution in [0.5, 0.6) is 0 Å². The van der Waals surface area contributed by atoms with Crippen molar-refractivity contribution < 1.29 is 9.90 Å². The third-order valence-electron chi connectivity index (χ3n) is 3.41. The number of thiazole rings is 1. The number of carboxylic acids is 1. The Morgan fingerprint density at radius 1 is 1.60 bits per heavy atom. The minimum atomic E-state index is -0.949. The number of thioether (sulfide) groups is 1. The fraction of sp³-hybridized carbons (Fsp3) is 0.385. The van der Waals surface area contributed by atoms with Gasteiger partial charge in [0.05, 0.1) is 11.7 Å². The molecule has 3 rings (SSSR count). The monoisotopic (exact) mass is 309 g/mol. The molecule has 1 aliphatic heterocycles. The SMILES string of the molecule is CN1CCSCC1c1nc(-c2c[nH]c(C(=O)O)c2)cs1. The predicted octanol–water partition coefficient (Wildman–Crippen LogP) is 2.56. The van der Waals surface area contributed by atoms with Gasteiger partial charge in [-0.2, -0.15) is 11.8 Å². The Morgan fingerprint density at radius 2 is 2.45 bits per heavy atom. The van der Waals surface area contributed by atoms with E-state index in [4.69, 9.17) is 5.11 Å². The molecule has 0 radical (unpaired) electrons. The minimum Gasteiger partial charge on any atom is -0.477 e. The van der Waals surface area contributed by atoms with Crippen LogP contribution < -0.4 is 0 Å². The molecule has 20 heavy (non-hydrogen) atoms. The van der Waals surface area contributed by atoms with Crippen LogP contribution in [-0.2, 0) is 0 Å². The van der Waals surface area contributed by atoms with E-state index >= 15 is 0 Å². The van der Waals surface area contributed by atoms with E-state index < -0.39 is 5.97 Å². The van der Waals surface area contributed by atoms with Crippen molar-refractivity contribution in [1.82, 2.24) is 14.9 Å². The van der Waals surface area contributed by atoms with Crippen LogP contribution in [0.25, 0.3) is 11.3 Å². The molecule has 5 nitrogen and oxygen atoms in total. The van der Waals surface area contributed by atoms with Crippen molar-refractivity contribution in [3.63, 3.8) is 0 Å². The largest absolute Gasteiger partial charge is 0.477 e. The predicted molar refractivity (Wildman–Crippen MR) is 81.6 cm³/mol. The topological polar surface area (TPSA) is 69.2 Å². The highest BCUT2D eigenvalue weighted by atomic mass is 32.2. The van der Waals surface area contributed by atoms with Crippen LogP contribution >= 0.6 is 23.1 Å². The van der Waals surface area contributed by atoms with Gasteiger partial charge in [0.1, 0.15) is 10.7 Å². The van der Waals surface area contributed by atoms with Crippen molar-refractivity contribution in [1.29, 1.82) is 0 Å². The second kappa shape index (κ2) is 5.59. The van der Waals surface area contributed by atoms with Gasteiger partial charge in [-0.05, 0) is 13.1 Å². The number of nitrogens with one attached hydrogen (secondary N) is 1. The van der Waals surface area contributed by atoms with Crippen LogP contribution in [0.2, 0.25) is 0 Å². The maximum Gasteiger partial charge on any atom is 0.352 e. The number of hydrogen-bond donors (Lipinski definition) is 2. The smallest absolute Gasteiger partial charge is 0.352 e. The first-order valence-corrected chi connectivity index (χ1v) is 8.34. The van der Waals surface area contributed by atoms with E-state index in [1.807, 2.05) is 17.1 Å². The summed E-state index contributed by atoms with van der Waals surface area (Å²) in [6.07, 6.45) is 1.70. The number of aromatic nitrogens is 2. The summed E-state index contributed by atoms with van der Waals surface area (Å²) in [6.45, 7) is 1.08. The van der Waals surface area contributed by atoms with Gasteiger partial charge in [0.15, 0.2) is 0 Å². The van der Waals surface area contributed by atoms with Gasteiger partial charge in [0.25, 0.3) is 0 Å². The van der Waals surface area contributed by atoms with E-state index in [1.165, 1.54) is 5.75 Å². The van der Waals surface area contributed by atoms with E-state index in [0.29, 0.717) is 6.04 Å². The van der Waals surface area contributed by atoms with Crippen molar-refractivity contribution in [2.24, 2.45) is 0 Å². The van der Waals surface area contributed by atoms with Crippen molar-refractivity contribution in [3.8, 4) is 11.3 Å². The van der Waals surface area contributed by atoms with Crippen LogP contribution in [0.15, 0.2) is 17.6 Å². The quantitative estimate of drug-likeness (QED) is 0.912. The zero-order chi connectivity index (χ0) is 14.1. The van der Waals surface area contributed by atoms with Gasteiger partial charge in [-0.3, -0.25) is 4.90 Å². The fourth-order valence-electron chi connectivity index (χ4n) is 2.19. The van der Waals surface area contributed by atoms with Crippen molar-refractivity contribution >= 4 is 29.1 Å². The molecular weight excluding hydrogens is 294 g/mol. The summed E-state index contributed by atoms with van der Waals surface area (Å²) in [5.74, 6) is 1.29. The molecule has 1 saturated heterocycles. The molecule has 2 N–H and O–H groups in total. The lowest BCUT2D eigenvalue weighted by molar-refractivity contribution is 0.0691. The molecule has 0 aliphatic carbocycles. The molecule has 0 amide bonds. The summed E-state index contributed by atoms with van der Waals surface area (Å²) in [5.41, 5.74) is 1.87. The second-order valence-corrected chi connectivity index (χ2v) is 6.79. The normalized spacial score (nSPS) is 20.1. The van der Waals surface area contributed by atoms with Crippen molar-refractivity contribution in [3.05, 3.63) is 28.3 Å². The number of carboxylic acid groups (broad SMARTS) is 1. The summed E-state index contributed by atoms with van der Waals surface area (Å²) < 4.78 is 0. The Balaban J connectivity index is 1.83. The Hall–Kier alpha value is -1.31. The van der Waals surface area contributed by atoms with Gasteiger partial charge in [-0.1, -0.05) is 0 Å². The first-order valence-electron chi connectivity index (χ1n) is 6.30. The molecule has 2 aromatic rings. The third-order valence-corrected chi connectivity index (χ3v) is 5.38. The van der Waals surface area contributed by atoms with Crippen LogP contribution in [0.3, 0.4) is 0 Å². The van der Waals surface area contributed by atoms with Gasteiger partial charge in [0, 0.05) is 35.2 Å². The lowest BCUT2D eigenvalue weighted by Gasteiger charge is -2.30. The molecule has 0 bridgehead atoms. The van der Waals surface area contributed by atoms with Crippen molar-refractivity contribution in [2.45, 2.75) is 6.04 Å². The molecular formula is C13H15N3O2S2. The summed E-state index contributed by atoms with van der Waals surface area (Å²) in [7, 11) is 2.13. The molecule has 1 aliphatic rings. The Bertz CT molecular complexity index is 623. The molecule has 7 heteroatoms. The van der Waals surface area contributed by atoms with E-state index in [-0.39, 0.29) is 5.69 Å². The number of aromatic carboxylic acids is 1. The zero-order valence-electron chi connectivity index (χ0n) is 11.0. The number of nitrogens with zero attached hydrogens (tertiary/aromatic N) is 2. The molecule has 1 atom stereocenters. The molecule has 1 unspecified atom stereocenters. The number of hydrogen-bond acceptors (Lipinski definition) is 5. The van der Waals surface area contributed by atoms with Crippen LogP contribution in [-0.4, -0.2) is 51.0 Å². The number of aromatic amines is 1. The molecule has 3 heterocycles. The highest BCUT2D eigenvalue weighted by Crippen LogP contribution is 2.32. The van der Waals surface area contributed by atoms with Crippen LogP contribution in [0.4, 0.5) is 0 Å². The standard InChI is InChI=1S/C13H15N3O2S2/c1-16-2-3-19-7-11(16)12-15-10(6-20-12)8-4-9(13(17)18)14-5-8/h4-6,11,14H,2-3,7H2,1H3,(H,17,18). The molecule has 0 aromatic carbocycles. The van der Waals surface area contributed by atoms with E-state index in [0.717, 1.165) is 28.6 Å². The van der Waals surface area contributed by atoms with E-state index in [2.05, 4.69) is 21.9 Å². The third kappa shape index (κ3) is 2.61. The van der Waals surface area contributed by atoms with Gasteiger partial charge >= 0.3 is 5.97 Å². The highest BCUT2D eigenvalue weighted by Gasteiger charge is 2.24. The maximum absolute atomic E-state index is 10.9. The number of carbonyl (C=O) groups is 1. The lowest BCUT2D eigenvalue weighted by Crippen LogP contribution is -2.32. The maximum atomic E-state index is 10.9. The van der Waals surface area contributed by atoms with Gasteiger partial charge in [0.2, 0.25) is 0 Å². The fourth-order valence-corrected chi connectivity index (χ4v) is 4.50. The van der Waals surface area contributed by atoms with Gasteiger partial charge in [-0.25, -0.2) is 9.78 Å². The van der Waals surface area contributed by atoms with Gasteiger partial charge < -0.3 is 10.1 Å². The van der Waals surface area contributed by atoms with Crippen LogP contribution in [0, 0.1) is 0 Å². The zero-order valence-corrected chi connectivity index (χ0v) is 12.6. The Labute approximate surface area is 125 Å². The van der Waals surface area contributed by atoms with Crippen LogP contribution in [0.1, 0.15) is 21.5 Å². The molecule has 0 saturated carbocycles.